The molecule has 0 radical (unpaired) electrons. The first kappa shape index (κ1) is 14.7. The van der Waals surface area contributed by atoms with Crippen LogP contribution in [0, 0.1) is 18.6 Å². The van der Waals surface area contributed by atoms with Gasteiger partial charge < -0.3 is 15.8 Å². The number of aryl methyl sites for hydroxylation is 1. The number of rotatable bonds is 3. The van der Waals surface area contributed by atoms with E-state index in [1.807, 2.05) is 0 Å². The van der Waals surface area contributed by atoms with E-state index in [4.69, 9.17) is 5.73 Å². The first-order chi connectivity index (χ1) is 9.93. The maximum Gasteiger partial charge on any atom is 0.356 e. The van der Waals surface area contributed by atoms with Crippen LogP contribution in [0.25, 0.3) is 0 Å². The fraction of sp³-hybridized carbons (Fsp3) is 0.143. The summed E-state index contributed by atoms with van der Waals surface area (Å²) in [6, 6.07) is 5.20. The van der Waals surface area contributed by atoms with Gasteiger partial charge in [0.25, 0.3) is 0 Å². The van der Waals surface area contributed by atoms with Crippen LogP contribution in [0.2, 0.25) is 0 Å². The molecular weight excluding hydrogens is 280 g/mol. The molecule has 1 heterocycles. The molecule has 0 unspecified atom stereocenters. The lowest BCUT2D eigenvalue weighted by molar-refractivity contribution is 0.0594. The first-order valence-electron chi connectivity index (χ1n) is 6.00. The predicted octanol–water partition coefficient (Wildman–Crippen LogP) is 2.78. The highest BCUT2D eigenvalue weighted by Gasteiger charge is 2.15. The largest absolute Gasteiger partial charge is 0.464 e. The first-order valence-corrected chi connectivity index (χ1v) is 6.00. The number of nitrogens with zero attached hydrogens (tertiary/aromatic N) is 1. The SMILES string of the molecule is COC(=O)c1ccc(N)c(Nc2c(F)ccc(C)c2F)n1. The number of carbonyl (C=O) groups is 1. The number of benzene rings is 1. The number of nitrogens with one attached hydrogen (secondary N) is 1. The van der Waals surface area contributed by atoms with Gasteiger partial charge in [-0.3, -0.25) is 0 Å². The molecule has 5 nitrogen and oxygen atoms in total. The minimum absolute atomic E-state index is 0.0253. The van der Waals surface area contributed by atoms with Crippen molar-refractivity contribution < 1.29 is 18.3 Å². The van der Waals surface area contributed by atoms with E-state index in [1.165, 1.54) is 32.2 Å². The maximum absolute atomic E-state index is 13.9. The molecule has 0 saturated heterocycles. The molecule has 2 rings (SSSR count). The van der Waals surface area contributed by atoms with E-state index in [0.29, 0.717) is 0 Å². The molecular formula is C14H13F2N3O2. The van der Waals surface area contributed by atoms with Crippen molar-refractivity contribution in [1.29, 1.82) is 0 Å². The summed E-state index contributed by atoms with van der Waals surface area (Å²) in [5.74, 6) is -2.24. The third-order valence-electron chi connectivity index (χ3n) is 2.85. The average Bonchev–Trinajstić information content (AvgIpc) is 2.48. The second-order valence-electron chi connectivity index (χ2n) is 4.30. The fourth-order valence-corrected chi connectivity index (χ4v) is 1.68. The summed E-state index contributed by atoms with van der Waals surface area (Å²) < 4.78 is 32.2. The molecule has 1 aromatic carbocycles. The summed E-state index contributed by atoms with van der Waals surface area (Å²) in [5, 5.41) is 2.48. The number of carbonyl (C=O) groups excluding carboxylic acids is 1. The Morgan fingerprint density at radius 2 is 2.00 bits per heavy atom. The standard InChI is InChI=1S/C14H13F2N3O2/c1-7-3-4-8(15)12(11(7)16)19-13-9(17)5-6-10(18-13)14(20)21-2/h3-6H,17H2,1-2H3,(H,18,19). The number of halogens is 2. The van der Waals surface area contributed by atoms with Gasteiger partial charge in [0.15, 0.2) is 17.3 Å². The van der Waals surface area contributed by atoms with Gasteiger partial charge in [-0.1, -0.05) is 6.07 Å². The van der Waals surface area contributed by atoms with Gasteiger partial charge in [-0.15, -0.1) is 0 Å². The van der Waals surface area contributed by atoms with Crippen LogP contribution in [0.3, 0.4) is 0 Å². The summed E-state index contributed by atoms with van der Waals surface area (Å²) in [4.78, 5) is 15.3. The molecule has 0 bridgehead atoms. The van der Waals surface area contributed by atoms with Crippen LogP contribution in [0.5, 0.6) is 0 Å². The zero-order valence-corrected chi connectivity index (χ0v) is 11.4. The van der Waals surface area contributed by atoms with E-state index in [-0.39, 0.29) is 28.5 Å². The van der Waals surface area contributed by atoms with E-state index in [9.17, 15) is 13.6 Å². The number of nitrogen functional groups attached to an aromatic ring is 1. The van der Waals surface area contributed by atoms with Crippen molar-refractivity contribution in [2.24, 2.45) is 0 Å². The molecule has 0 aliphatic heterocycles. The van der Waals surface area contributed by atoms with Crippen LogP contribution >= 0.6 is 0 Å². The van der Waals surface area contributed by atoms with Crippen LogP contribution < -0.4 is 11.1 Å². The molecule has 110 valence electrons. The normalized spacial score (nSPS) is 10.3. The van der Waals surface area contributed by atoms with Gasteiger partial charge in [0.2, 0.25) is 0 Å². The van der Waals surface area contributed by atoms with Crippen LogP contribution in [0.15, 0.2) is 24.3 Å². The van der Waals surface area contributed by atoms with Crippen LogP contribution in [0.1, 0.15) is 16.1 Å². The number of pyridine rings is 1. The van der Waals surface area contributed by atoms with Gasteiger partial charge in [0.1, 0.15) is 11.5 Å². The van der Waals surface area contributed by atoms with Crippen LogP contribution in [-0.2, 0) is 4.74 Å². The number of aromatic nitrogens is 1. The van der Waals surface area contributed by atoms with Gasteiger partial charge in [0, 0.05) is 0 Å². The lowest BCUT2D eigenvalue weighted by Gasteiger charge is -2.12. The van der Waals surface area contributed by atoms with E-state index >= 15 is 0 Å². The zero-order chi connectivity index (χ0) is 15.6. The Kier molecular flexibility index (Phi) is 4.02. The van der Waals surface area contributed by atoms with Crippen molar-refractivity contribution in [3.8, 4) is 0 Å². The highest BCUT2D eigenvalue weighted by molar-refractivity contribution is 5.88. The fourth-order valence-electron chi connectivity index (χ4n) is 1.68. The molecule has 0 aliphatic rings. The summed E-state index contributed by atoms with van der Waals surface area (Å²) in [6.45, 7) is 1.50. The van der Waals surface area contributed by atoms with Crippen molar-refractivity contribution in [1.82, 2.24) is 4.98 Å². The van der Waals surface area contributed by atoms with Gasteiger partial charge in [0.05, 0.1) is 12.8 Å². The Balaban J connectivity index is 2.45. The number of hydrogen-bond donors (Lipinski definition) is 2. The molecule has 0 aliphatic carbocycles. The Labute approximate surface area is 119 Å². The lowest BCUT2D eigenvalue weighted by atomic mass is 10.2. The van der Waals surface area contributed by atoms with Gasteiger partial charge >= 0.3 is 5.97 Å². The number of ether oxygens (including phenoxy) is 1. The van der Waals surface area contributed by atoms with Crippen molar-refractivity contribution >= 4 is 23.2 Å². The van der Waals surface area contributed by atoms with Gasteiger partial charge in [-0.2, -0.15) is 0 Å². The topological polar surface area (TPSA) is 77.2 Å². The minimum Gasteiger partial charge on any atom is -0.464 e. The molecule has 2 aromatic rings. The maximum atomic E-state index is 13.9. The Bertz CT molecular complexity index is 705. The number of methoxy groups -OCH3 is 1. The summed E-state index contributed by atoms with van der Waals surface area (Å²) in [7, 11) is 1.20. The smallest absolute Gasteiger partial charge is 0.356 e. The Morgan fingerprint density at radius 1 is 1.29 bits per heavy atom. The average molecular weight is 293 g/mol. The second-order valence-corrected chi connectivity index (χ2v) is 4.30. The predicted molar refractivity (Wildman–Crippen MR) is 74.4 cm³/mol. The number of anilines is 3. The number of esters is 1. The van der Waals surface area contributed by atoms with Crippen LogP contribution in [-0.4, -0.2) is 18.1 Å². The summed E-state index contributed by atoms with van der Waals surface area (Å²) in [5.41, 5.74) is 5.70. The summed E-state index contributed by atoms with van der Waals surface area (Å²) >= 11 is 0. The quantitative estimate of drug-likeness (QED) is 0.851. The molecule has 7 heteroatoms. The Hall–Kier alpha value is -2.70. The highest BCUT2D eigenvalue weighted by atomic mass is 19.1. The molecule has 0 spiro atoms. The number of nitrogens with two attached hydrogens (primary N) is 1. The molecule has 3 N–H and O–H groups in total. The molecule has 1 aromatic heterocycles. The van der Waals surface area contributed by atoms with Crippen molar-refractivity contribution in [3.05, 3.63) is 47.2 Å². The van der Waals surface area contributed by atoms with E-state index < -0.39 is 17.6 Å². The van der Waals surface area contributed by atoms with Crippen molar-refractivity contribution in [3.63, 3.8) is 0 Å². The van der Waals surface area contributed by atoms with Crippen molar-refractivity contribution in [2.75, 3.05) is 18.2 Å². The monoisotopic (exact) mass is 293 g/mol. The van der Waals surface area contributed by atoms with Gasteiger partial charge in [-0.25, -0.2) is 18.6 Å². The second kappa shape index (κ2) is 5.74. The molecule has 0 amide bonds. The molecule has 21 heavy (non-hydrogen) atoms. The van der Waals surface area contributed by atoms with E-state index in [1.54, 1.807) is 0 Å². The zero-order valence-electron chi connectivity index (χ0n) is 11.4. The Morgan fingerprint density at radius 3 is 2.67 bits per heavy atom. The van der Waals surface area contributed by atoms with E-state index in [2.05, 4.69) is 15.0 Å². The minimum atomic E-state index is -0.789. The van der Waals surface area contributed by atoms with Gasteiger partial charge in [-0.05, 0) is 30.7 Å². The third kappa shape index (κ3) is 2.91. The third-order valence-corrected chi connectivity index (χ3v) is 2.85. The lowest BCUT2D eigenvalue weighted by Crippen LogP contribution is -2.09. The summed E-state index contributed by atoms with van der Waals surface area (Å²) in [6.07, 6.45) is 0. The molecule has 0 atom stereocenters. The number of hydrogen-bond acceptors (Lipinski definition) is 5. The van der Waals surface area contributed by atoms with E-state index in [0.717, 1.165) is 6.07 Å². The molecule has 0 fully saturated rings. The highest BCUT2D eigenvalue weighted by Crippen LogP contribution is 2.27. The van der Waals surface area contributed by atoms with Crippen LogP contribution in [0.4, 0.5) is 26.0 Å². The van der Waals surface area contributed by atoms with Crippen molar-refractivity contribution in [2.45, 2.75) is 6.92 Å². The molecule has 0 saturated carbocycles.